The highest BCUT2D eigenvalue weighted by Crippen LogP contribution is 2.49. The topological polar surface area (TPSA) is 75.6 Å². The van der Waals surface area contributed by atoms with E-state index in [1.54, 1.807) is 0 Å². The van der Waals surface area contributed by atoms with E-state index in [0.29, 0.717) is 23.0 Å². The fourth-order valence-electron chi connectivity index (χ4n) is 9.60. The van der Waals surface area contributed by atoms with Crippen molar-refractivity contribution in [2.75, 3.05) is 0 Å². The van der Waals surface area contributed by atoms with Crippen LogP contribution in [-0.4, -0.2) is 15.0 Å². The predicted octanol–water partition coefficient (Wildman–Crippen LogP) is 14.6. The molecule has 0 radical (unpaired) electrons. The molecule has 62 heavy (non-hydrogen) atoms. The van der Waals surface area contributed by atoms with Crippen LogP contribution >= 0.6 is 0 Å². The molecular weight excluding hydrogens is 757 g/mol. The summed E-state index contributed by atoms with van der Waals surface area (Å²) >= 11 is 0. The molecule has 0 spiro atoms. The van der Waals surface area contributed by atoms with Gasteiger partial charge in [0.25, 0.3) is 0 Å². The number of para-hydroxylation sites is 1. The second-order valence-electron chi connectivity index (χ2n) is 16.7. The van der Waals surface area contributed by atoms with Gasteiger partial charge < -0.3 is 4.42 Å². The van der Waals surface area contributed by atoms with Crippen LogP contribution in [0.1, 0.15) is 30.5 Å². The summed E-state index contributed by atoms with van der Waals surface area (Å²) in [5.74, 6) is 1.90. The third kappa shape index (κ3) is 5.58. The average molecular weight is 793 g/mol. The normalized spacial score (nSPS) is 12.8. The first kappa shape index (κ1) is 35.7. The molecule has 11 aromatic rings. The Bertz CT molecular complexity index is 3670. The molecule has 9 aromatic carbocycles. The van der Waals surface area contributed by atoms with Gasteiger partial charge in [-0.2, -0.15) is 5.26 Å². The Morgan fingerprint density at radius 3 is 1.77 bits per heavy atom. The Hall–Kier alpha value is -8.20. The van der Waals surface area contributed by atoms with Crippen molar-refractivity contribution in [1.29, 1.82) is 5.26 Å². The van der Waals surface area contributed by atoms with E-state index in [-0.39, 0.29) is 5.41 Å². The van der Waals surface area contributed by atoms with Gasteiger partial charge in [0.15, 0.2) is 17.5 Å². The van der Waals surface area contributed by atoms with Crippen molar-refractivity contribution in [3.05, 3.63) is 199 Å². The molecule has 0 aliphatic heterocycles. The van der Waals surface area contributed by atoms with Crippen molar-refractivity contribution < 1.29 is 4.42 Å². The van der Waals surface area contributed by atoms with E-state index < -0.39 is 0 Å². The molecule has 0 bridgehead atoms. The molecule has 0 saturated carbocycles. The molecule has 5 heteroatoms. The fraction of sp³-hybridized carbons (Fsp3) is 0.0526. The summed E-state index contributed by atoms with van der Waals surface area (Å²) in [6, 6.07) is 65.5. The molecule has 0 fully saturated rings. The molecule has 0 amide bonds. The number of hydrogen-bond donors (Lipinski definition) is 0. The lowest BCUT2D eigenvalue weighted by Gasteiger charge is -2.21. The number of rotatable bonds is 5. The number of nitrogens with zero attached hydrogens (tertiary/aromatic N) is 4. The van der Waals surface area contributed by atoms with Crippen molar-refractivity contribution >= 4 is 43.5 Å². The molecule has 0 atom stereocenters. The summed E-state index contributed by atoms with van der Waals surface area (Å²) < 4.78 is 6.71. The number of benzene rings is 9. The minimum absolute atomic E-state index is 0.0834. The molecule has 0 N–H and O–H groups in total. The predicted molar refractivity (Wildman–Crippen MR) is 252 cm³/mol. The first-order valence-electron chi connectivity index (χ1n) is 20.9. The smallest absolute Gasteiger partial charge is 0.164 e. The van der Waals surface area contributed by atoms with E-state index in [2.05, 4.69) is 141 Å². The molecule has 0 saturated heterocycles. The van der Waals surface area contributed by atoms with Crippen molar-refractivity contribution in [2.45, 2.75) is 19.3 Å². The van der Waals surface area contributed by atoms with Gasteiger partial charge in [0.1, 0.15) is 11.2 Å². The molecule has 2 heterocycles. The van der Waals surface area contributed by atoms with Crippen molar-refractivity contribution in [3.8, 4) is 73.6 Å². The first-order valence-corrected chi connectivity index (χ1v) is 20.9. The molecule has 12 rings (SSSR count). The highest BCUT2D eigenvalue weighted by atomic mass is 16.3. The Morgan fingerprint density at radius 1 is 0.419 bits per heavy atom. The second kappa shape index (κ2) is 13.7. The van der Waals surface area contributed by atoms with Gasteiger partial charge in [-0.05, 0) is 97.1 Å². The van der Waals surface area contributed by atoms with Gasteiger partial charge in [-0.25, -0.2) is 15.0 Å². The highest BCUT2D eigenvalue weighted by Gasteiger charge is 2.35. The van der Waals surface area contributed by atoms with Crippen LogP contribution in [0.4, 0.5) is 0 Å². The van der Waals surface area contributed by atoms with Crippen molar-refractivity contribution in [1.82, 2.24) is 15.0 Å². The molecule has 290 valence electrons. The summed E-state index contributed by atoms with van der Waals surface area (Å²) in [5, 5.41) is 16.2. The molecular formula is C57H36N4O. The largest absolute Gasteiger partial charge is 0.455 e. The van der Waals surface area contributed by atoms with Crippen LogP contribution in [0.15, 0.2) is 186 Å². The summed E-state index contributed by atoms with van der Waals surface area (Å²) in [6.07, 6.45) is 0. The van der Waals surface area contributed by atoms with Gasteiger partial charge in [-0.1, -0.05) is 159 Å². The van der Waals surface area contributed by atoms with Crippen molar-refractivity contribution in [3.63, 3.8) is 0 Å². The van der Waals surface area contributed by atoms with Crippen molar-refractivity contribution in [2.24, 2.45) is 0 Å². The van der Waals surface area contributed by atoms with Crippen LogP contribution in [0.25, 0.3) is 111 Å². The Labute approximate surface area is 358 Å². The molecule has 1 aliphatic carbocycles. The van der Waals surface area contributed by atoms with Gasteiger partial charge in [0, 0.05) is 38.3 Å². The van der Waals surface area contributed by atoms with Crippen LogP contribution < -0.4 is 0 Å². The first-order chi connectivity index (χ1) is 30.4. The minimum atomic E-state index is -0.0834. The minimum Gasteiger partial charge on any atom is -0.455 e. The maximum atomic E-state index is 9.59. The number of aromatic nitrogens is 3. The fourth-order valence-corrected chi connectivity index (χ4v) is 9.60. The Morgan fingerprint density at radius 2 is 0.984 bits per heavy atom. The number of furan rings is 1. The Balaban J connectivity index is 0.964. The lowest BCUT2D eigenvalue weighted by atomic mass is 9.82. The summed E-state index contributed by atoms with van der Waals surface area (Å²) in [7, 11) is 0. The van der Waals surface area contributed by atoms with E-state index in [4.69, 9.17) is 19.4 Å². The van der Waals surface area contributed by atoms with Crippen LogP contribution in [0, 0.1) is 11.3 Å². The second-order valence-corrected chi connectivity index (χ2v) is 16.7. The van der Waals surface area contributed by atoms with Crippen LogP contribution in [0.2, 0.25) is 0 Å². The van der Waals surface area contributed by atoms with Gasteiger partial charge in [0.05, 0.1) is 11.6 Å². The van der Waals surface area contributed by atoms with Gasteiger partial charge in [-0.3, -0.25) is 0 Å². The maximum Gasteiger partial charge on any atom is 0.164 e. The number of nitriles is 1. The average Bonchev–Trinajstić information content (AvgIpc) is 3.84. The summed E-state index contributed by atoms with van der Waals surface area (Å²) in [4.78, 5) is 15.2. The lowest BCUT2D eigenvalue weighted by molar-refractivity contribution is 0.660. The van der Waals surface area contributed by atoms with Gasteiger partial charge in [0.2, 0.25) is 0 Å². The van der Waals surface area contributed by atoms with Gasteiger partial charge in [-0.15, -0.1) is 0 Å². The summed E-state index contributed by atoms with van der Waals surface area (Å²) in [5.41, 5.74) is 14.4. The quantitative estimate of drug-likeness (QED) is 0.162. The van der Waals surface area contributed by atoms with Gasteiger partial charge >= 0.3 is 0 Å². The maximum absolute atomic E-state index is 9.59. The number of hydrogen-bond acceptors (Lipinski definition) is 5. The zero-order chi connectivity index (χ0) is 41.5. The third-order valence-electron chi connectivity index (χ3n) is 12.7. The van der Waals surface area contributed by atoms with Crippen LogP contribution in [0.5, 0.6) is 0 Å². The lowest BCUT2D eigenvalue weighted by Crippen LogP contribution is -2.14. The Kier molecular flexibility index (Phi) is 7.88. The highest BCUT2D eigenvalue weighted by molar-refractivity contribution is 6.30. The van der Waals surface area contributed by atoms with Crippen LogP contribution in [0.3, 0.4) is 0 Å². The SMILES string of the molecule is CC1(C)c2ccccc2-c2cc(-c3nc(-c4ccccc4)nc(-c4ccc(-c5ccc6c7ccc(-c8cccc(C#N)c8)cc7c7c8ccccc8oc7c6c5)cc4)n3)ccc21. The zero-order valence-electron chi connectivity index (χ0n) is 34.0. The monoisotopic (exact) mass is 792 g/mol. The van der Waals surface area contributed by atoms with E-state index in [0.717, 1.165) is 82.4 Å². The third-order valence-corrected chi connectivity index (χ3v) is 12.7. The zero-order valence-corrected chi connectivity index (χ0v) is 34.0. The van der Waals surface area contributed by atoms with E-state index in [1.165, 1.54) is 22.3 Å². The molecule has 0 unspecified atom stereocenters. The van der Waals surface area contributed by atoms with E-state index >= 15 is 0 Å². The van der Waals surface area contributed by atoms with E-state index in [1.807, 2.05) is 60.7 Å². The number of fused-ring (bicyclic) bond motifs is 11. The van der Waals surface area contributed by atoms with Crippen LogP contribution in [-0.2, 0) is 5.41 Å². The van der Waals surface area contributed by atoms with E-state index in [9.17, 15) is 5.26 Å². The summed E-state index contributed by atoms with van der Waals surface area (Å²) in [6.45, 7) is 4.59. The molecule has 2 aromatic heterocycles. The molecule has 1 aliphatic rings. The molecule has 5 nitrogen and oxygen atoms in total. The standard InChI is InChI=1S/C57H36N4O/c1-57(2)49-17-8-6-15-44(49)46-32-41(25-28-50(46)57)56-60-54(36-12-4-3-5-13-36)59-55(61-56)37-21-19-35(20-22-37)39-23-27-43-42-26-24-40(38-14-10-11-34(29-38)33-58)30-47(42)52-45-16-7-9-18-51(45)62-53(52)48(43)31-39/h3-32H,1-2H3.